The van der Waals surface area contributed by atoms with Gasteiger partial charge < -0.3 is 20.1 Å². The summed E-state index contributed by atoms with van der Waals surface area (Å²) in [6.45, 7) is 2.41. The minimum atomic E-state index is -0.375. The van der Waals surface area contributed by atoms with E-state index in [4.69, 9.17) is 21.7 Å². The Morgan fingerprint density at radius 2 is 1.96 bits per heavy atom. The number of halogens is 1. The van der Waals surface area contributed by atoms with E-state index in [1.54, 1.807) is 24.4 Å². The third kappa shape index (κ3) is 6.84. The fraction of sp³-hybridized carbons (Fsp3) is 0.211. The number of benzene rings is 2. The van der Waals surface area contributed by atoms with Gasteiger partial charge >= 0.3 is 0 Å². The molecule has 7 nitrogen and oxygen atoms in total. The Hall–Kier alpha value is -3.20. The molecule has 0 unspecified atom stereocenters. The molecule has 0 spiro atoms. The number of rotatable bonds is 8. The van der Waals surface area contributed by atoms with Gasteiger partial charge in [0, 0.05) is 12.2 Å². The third-order valence-electron chi connectivity index (χ3n) is 3.39. The second kappa shape index (κ2) is 10.8. The molecule has 0 aromatic heterocycles. The molecule has 2 aromatic rings. The highest BCUT2D eigenvalue weighted by molar-refractivity contribution is 7.80. The van der Waals surface area contributed by atoms with Gasteiger partial charge in [0.15, 0.2) is 23.2 Å². The SMILES string of the molecule is CCNC(=S)NN=Cc1ccc(OCC(=O)Nc2ccc(F)cc2)c(OC)c1. The van der Waals surface area contributed by atoms with Crippen molar-refractivity contribution in [3.63, 3.8) is 0 Å². The van der Waals surface area contributed by atoms with E-state index in [-0.39, 0.29) is 18.3 Å². The van der Waals surface area contributed by atoms with Crippen LogP contribution >= 0.6 is 12.2 Å². The van der Waals surface area contributed by atoms with Crippen molar-refractivity contribution in [1.82, 2.24) is 10.7 Å². The van der Waals surface area contributed by atoms with Gasteiger partial charge in [0.05, 0.1) is 13.3 Å². The first-order valence-electron chi connectivity index (χ1n) is 8.45. The van der Waals surface area contributed by atoms with Crippen LogP contribution in [-0.4, -0.2) is 37.5 Å². The van der Waals surface area contributed by atoms with Gasteiger partial charge in [0.1, 0.15) is 5.82 Å². The number of anilines is 1. The van der Waals surface area contributed by atoms with Crippen LogP contribution in [0.5, 0.6) is 11.5 Å². The minimum Gasteiger partial charge on any atom is -0.493 e. The quantitative estimate of drug-likeness (QED) is 0.356. The van der Waals surface area contributed by atoms with Crippen LogP contribution in [0.1, 0.15) is 12.5 Å². The van der Waals surface area contributed by atoms with Crippen LogP contribution in [-0.2, 0) is 4.79 Å². The lowest BCUT2D eigenvalue weighted by Gasteiger charge is -2.11. The molecule has 0 aliphatic rings. The molecule has 0 heterocycles. The van der Waals surface area contributed by atoms with E-state index in [0.29, 0.717) is 28.8 Å². The number of ether oxygens (including phenoxy) is 2. The number of thiocarbonyl (C=S) groups is 1. The maximum Gasteiger partial charge on any atom is 0.262 e. The van der Waals surface area contributed by atoms with Gasteiger partial charge in [-0.1, -0.05) is 0 Å². The van der Waals surface area contributed by atoms with Crippen LogP contribution in [0.15, 0.2) is 47.6 Å². The predicted molar refractivity (Wildman–Crippen MR) is 111 cm³/mol. The van der Waals surface area contributed by atoms with Crippen LogP contribution in [0.3, 0.4) is 0 Å². The highest BCUT2D eigenvalue weighted by Crippen LogP contribution is 2.27. The van der Waals surface area contributed by atoms with Crippen LogP contribution in [0.4, 0.5) is 10.1 Å². The van der Waals surface area contributed by atoms with Crippen LogP contribution in [0.2, 0.25) is 0 Å². The summed E-state index contributed by atoms with van der Waals surface area (Å²) in [6, 6.07) is 10.6. The Morgan fingerprint density at radius 1 is 1.21 bits per heavy atom. The number of hydrogen-bond donors (Lipinski definition) is 3. The molecule has 2 aromatic carbocycles. The Labute approximate surface area is 167 Å². The van der Waals surface area contributed by atoms with Gasteiger partial charge in [-0.2, -0.15) is 5.10 Å². The van der Waals surface area contributed by atoms with E-state index in [9.17, 15) is 9.18 Å². The summed E-state index contributed by atoms with van der Waals surface area (Å²) < 4.78 is 23.7. The van der Waals surface area contributed by atoms with E-state index in [1.807, 2.05) is 6.92 Å². The molecular formula is C19H21FN4O3S. The van der Waals surface area contributed by atoms with Gasteiger partial charge in [0.2, 0.25) is 0 Å². The zero-order valence-corrected chi connectivity index (χ0v) is 16.3. The maximum absolute atomic E-state index is 12.9. The number of methoxy groups -OCH3 is 1. The normalized spacial score (nSPS) is 10.4. The van der Waals surface area contributed by atoms with Crippen molar-refractivity contribution < 1.29 is 18.7 Å². The molecule has 0 saturated carbocycles. The zero-order valence-electron chi connectivity index (χ0n) is 15.5. The number of hydrogen-bond acceptors (Lipinski definition) is 5. The van der Waals surface area contributed by atoms with Gasteiger partial charge in [0.25, 0.3) is 5.91 Å². The largest absolute Gasteiger partial charge is 0.493 e. The molecule has 0 atom stereocenters. The molecule has 2 rings (SSSR count). The summed E-state index contributed by atoms with van der Waals surface area (Å²) in [6.07, 6.45) is 1.58. The van der Waals surface area contributed by atoms with Gasteiger partial charge in [-0.3, -0.25) is 10.2 Å². The van der Waals surface area contributed by atoms with E-state index in [2.05, 4.69) is 21.2 Å². The lowest BCUT2D eigenvalue weighted by atomic mass is 10.2. The molecular weight excluding hydrogens is 383 g/mol. The number of amides is 1. The van der Waals surface area contributed by atoms with Crippen molar-refractivity contribution in [3.8, 4) is 11.5 Å². The summed E-state index contributed by atoms with van der Waals surface area (Å²) in [5.74, 6) is 0.111. The predicted octanol–water partition coefficient (Wildman–Crippen LogP) is 2.67. The maximum atomic E-state index is 12.9. The molecule has 1 amide bonds. The zero-order chi connectivity index (χ0) is 20.4. The highest BCUT2D eigenvalue weighted by Gasteiger charge is 2.09. The highest BCUT2D eigenvalue weighted by atomic mass is 32.1. The molecule has 0 radical (unpaired) electrons. The molecule has 0 saturated heterocycles. The Bertz CT molecular complexity index is 844. The molecule has 0 aliphatic heterocycles. The van der Waals surface area contributed by atoms with E-state index in [0.717, 1.165) is 5.56 Å². The topological polar surface area (TPSA) is 84.0 Å². The Morgan fingerprint density at radius 3 is 2.64 bits per heavy atom. The smallest absolute Gasteiger partial charge is 0.262 e. The van der Waals surface area contributed by atoms with Gasteiger partial charge in [-0.05, 0) is 67.2 Å². The summed E-state index contributed by atoms with van der Waals surface area (Å²) in [7, 11) is 1.50. The van der Waals surface area contributed by atoms with Crippen molar-refractivity contribution in [2.24, 2.45) is 5.10 Å². The first-order valence-corrected chi connectivity index (χ1v) is 8.85. The third-order valence-corrected chi connectivity index (χ3v) is 3.63. The fourth-order valence-electron chi connectivity index (χ4n) is 2.12. The van der Waals surface area contributed by atoms with E-state index in [1.165, 1.54) is 31.4 Å². The van der Waals surface area contributed by atoms with Gasteiger partial charge in [-0.15, -0.1) is 0 Å². The van der Waals surface area contributed by atoms with Crippen molar-refractivity contribution in [3.05, 3.63) is 53.8 Å². The first-order chi connectivity index (χ1) is 13.5. The first kappa shape index (κ1) is 21.1. The van der Waals surface area contributed by atoms with E-state index >= 15 is 0 Å². The number of carbonyl (C=O) groups is 1. The second-order valence-electron chi connectivity index (χ2n) is 5.48. The summed E-state index contributed by atoms with van der Waals surface area (Å²) in [5, 5.41) is 9.99. The number of carbonyl (C=O) groups excluding carboxylic acids is 1. The van der Waals surface area contributed by atoms with Crippen LogP contribution < -0.4 is 25.5 Å². The Balaban J connectivity index is 1.92. The van der Waals surface area contributed by atoms with Crippen molar-refractivity contribution in [2.45, 2.75) is 6.92 Å². The minimum absolute atomic E-state index is 0.223. The molecule has 3 N–H and O–H groups in total. The average Bonchev–Trinajstić information content (AvgIpc) is 2.68. The summed E-state index contributed by atoms with van der Waals surface area (Å²) >= 11 is 5.01. The Kier molecular flexibility index (Phi) is 8.16. The number of hydrazone groups is 1. The molecule has 0 bridgehead atoms. The molecule has 148 valence electrons. The van der Waals surface area contributed by atoms with Crippen molar-refractivity contribution >= 4 is 35.1 Å². The lowest BCUT2D eigenvalue weighted by Crippen LogP contribution is -2.31. The fourth-order valence-corrected chi connectivity index (χ4v) is 2.32. The molecule has 0 aliphatic carbocycles. The lowest BCUT2D eigenvalue weighted by molar-refractivity contribution is -0.118. The van der Waals surface area contributed by atoms with Crippen LogP contribution in [0, 0.1) is 5.82 Å². The summed E-state index contributed by atoms with van der Waals surface area (Å²) in [5.41, 5.74) is 3.93. The molecule has 0 fully saturated rings. The monoisotopic (exact) mass is 404 g/mol. The van der Waals surface area contributed by atoms with Crippen molar-refractivity contribution in [2.75, 3.05) is 25.6 Å². The number of nitrogens with zero attached hydrogens (tertiary/aromatic N) is 1. The molecule has 9 heteroatoms. The van der Waals surface area contributed by atoms with Crippen LogP contribution in [0.25, 0.3) is 0 Å². The molecule has 28 heavy (non-hydrogen) atoms. The van der Waals surface area contributed by atoms with Crippen molar-refractivity contribution in [1.29, 1.82) is 0 Å². The second-order valence-corrected chi connectivity index (χ2v) is 5.89. The summed E-state index contributed by atoms with van der Waals surface area (Å²) in [4.78, 5) is 12.0. The number of nitrogens with one attached hydrogen (secondary N) is 3. The average molecular weight is 404 g/mol. The van der Waals surface area contributed by atoms with E-state index < -0.39 is 0 Å². The standard InChI is InChI=1S/C19H21FN4O3S/c1-3-21-19(28)24-22-11-13-4-9-16(17(10-13)26-2)27-12-18(25)23-15-7-5-14(20)6-8-15/h4-11H,3,12H2,1-2H3,(H,23,25)(H2,21,24,28). The van der Waals surface area contributed by atoms with Gasteiger partial charge in [-0.25, -0.2) is 4.39 Å².